The Morgan fingerprint density at radius 1 is 1.07 bits per heavy atom. The van der Waals surface area contributed by atoms with Gasteiger partial charge in [0.15, 0.2) is 12.2 Å². The van der Waals surface area contributed by atoms with Gasteiger partial charge in [-0.25, -0.2) is 4.98 Å². The maximum Gasteiger partial charge on any atom is 0.416 e. The molecule has 1 aliphatic heterocycles. The second-order valence-corrected chi connectivity index (χ2v) is 7.51. The fourth-order valence-corrected chi connectivity index (χ4v) is 3.79. The Balaban J connectivity index is 1.55. The summed E-state index contributed by atoms with van der Waals surface area (Å²) in [6, 6.07) is 13.6. The molecule has 0 amide bonds. The summed E-state index contributed by atoms with van der Waals surface area (Å²) in [7, 11) is 0. The van der Waals surface area contributed by atoms with Crippen LogP contribution in [0.15, 0.2) is 65.5 Å². The molecule has 1 N–H and O–H groups in total. The van der Waals surface area contributed by atoms with Crippen LogP contribution >= 0.6 is 0 Å². The van der Waals surface area contributed by atoms with Gasteiger partial charge in [-0.3, -0.25) is 0 Å². The third kappa shape index (κ3) is 4.45. The lowest BCUT2D eigenvalue weighted by atomic mass is 9.85. The van der Waals surface area contributed by atoms with E-state index in [9.17, 15) is 18.3 Å². The van der Waals surface area contributed by atoms with E-state index in [-0.39, 0.29) is 5.76 Å². The summed E-state index contributed by atoms with van der Waals surface area (Å²) < 4.78 is 45.4. The van der Waals surface area contributed by atoms with Crippen molar-refractivity contribution in [2.75, 3.05) is 18.0 Å². The van der Waals surface area contributed by atoms with E-state index >= 15 is 0 Å². The van der Waals surface area contributed by atoms with Crippen molar-refractivity contribution < 1.29 is 22.7 Å². The van der Waals surface area contributed by atoms with Crippen LogP contribution in [0.2, 0.25) is 0 Å². The van der Waals surface area contributed by atoms with Gasteiger partial charge in [0.1, 0.15) is 0 Å². The number of piperidine rings is 1. The first-order valence-electron chi connectivity index (χ1n) is 9.45. The lowest BCUT2D eigenvalue weighted by Crippen LogP contribution is -2.45. The maximum absolute atomic E-state index is 13.4. The molecule has 0 spiro atoms. The largest absolute Gasteiger partial charge is 0.444 e. The minimum absolute atomic E-state index is 0.287. The summed E-state index contributed by atoms with van der Waals surface area (Å²) in [5, 5.41) is 10.9. The first-order chi connectivity index (χ1) is 13.8. The summed E-state index contributed by atoms with van der Waals surface area (Å²) in [5.74, 6) is 0.287. The zero-order valence-electron chi connectivity index (χ0n) is 15.7. The van der Waals surface area contributed by atoms with Gasteiger partial charge >= 0.3 is 6.18 Å². The van der Waals surface area contributed by atoms with Gasteiger partial charge in [-0.2, -0.15) is 13.2 Å². The predicted octanol–water partition coefficient (Wildman–Crippen LogP) is 4.93. The highest BCUT2D eigenvalue weighted by Crippen LogP contribution is 2.37. The Kier molecular flexibility index (Phi) is 5.08. The summed E-state index contributed by atoms with van der Waals surface area (Å²) in [5.41, 5.74) is 0.264. The lowest BCUT2D eigenvalue weighted by Gasteiger charge is -2.39. The van der Waals surface area contributed by atoms with Crippen molar-refractivity contribution in [3.8, 4) is 11.3 Å². The van der Waals surface area contributed by atoms with E-state index in [1.807, 2.05) is 35.2 Å². The molecule has 2 aromatic carbocycles. The van der Waals surface area contributed by atoms with Gasteiger partial charge in [-0.05, 0) is 36.6 Å². The van der Waals surface area contributed by atoms with Gasteiger partial charge in [0.2, 0.25) is 0 Å². The highest BCUT2D eigenvalue weighted by atomic mass is 19.4. The number of hydrogen-bond donors (Lipinski definition) is 1. The normalized spacial score (nSPS) is 16.8. The first-order valence-corrected chi connectivity index (χ1v) is 9.45. The van der Waals surface area contributed by atoms with Crippen LogP contribution in [0.1, 0.15) is 24.0 Å². The molecule has 3 aromatic rings. The van der Waals surface area contributed by atoms with Crippen molar-refractivity contribution in [3.05, 3.63) is 72.2 Å². The fraction of sp³-hybridized carbons (Fsp3) is 0.318. The molecule has 1 fully saturated rings. The van der Waals surface area contributed by atoms with Gasteiger partial charge in [-0.15, -0.1) is 0 Å². The standard InChI is InChI=1S/C22H21F3N2O2/c23-22(24,25)18-10-17(20-14-26-15-29-20)11-19(12-18)27-8-6-21(28,7-9-27)13-16-4-2-1-3-5-16/h1-5,10-12,14-15,28H,6-9,13H2. The minimum atomic E-state index is -4.46. The van der Waals surface area contributed by atoms with E-state index in [0.29, 0.717) is 43.6 Å². The SMILES string of the molecule is OC1(Cc2ccccc2)CCN(c2cc(-c3cnco3)cc(C(F)(F)F)c2)CC1. The molecule has 0 aliphatic carbocycles. The van der Waals surface area contributed by atoms with Crippen LogP contribution in [0.5, 0.6) is 0 Å². The molecule has 1 saturated heterocycles. The van der Waals surface area contributed by atoms with Crippen molar-refractivity contribution in [2.24, 2.45) is 0 Å². The smallest absolute Gasteiger partial charge is 0.416 e. The number of rotatable bonds is 4. The number of aliphatic hydroxyl groups is 1. The van der Waals surface area contributed by atoms with E-state index in [0.717, 1.165) is 17.7 Å². The van der Waals surface area contributed by atoms with Crippen LogP contribution in [-0.2, 0) is 12.6 Å². The first kappa shape index (κ1) is 19.5. The number of anilines is 1. The number of aromatic nitrogens is 1. The summed E-state index contributed by atoms with van der Waals surface area (Å²) in [6.45, 7) is 0.945. The number of nitrogens with zero attached hydrogens (tertiary/aromatic N) is 2. The Labute approximate surface area is 166 Å². The van der Waals surface area contributed by atoms with Gasteiger partial charge in [0, 0.05) is 30.8 Å². The van der Waals surface area contributed by atoms with Crippen molar-refractivity contribution >= 4 is 5.69 Å². The number of hydrogen-bond acceptors (Lipinski definition) is 4. The Morgan fingerprint density at radius 2 is 1.79 bits per heavy atom. The molecule has 0 radical (unpaired) electrons. The molecule has 0 bridgehead atoms. The van der Waals surface area contributed by atoms with Gasteiger partial charge in [0.05, 0.1) is 17.4 Å². The third-order valence-corrected chi connectivity index (χ3v) is 5.40. The molecule has 29 heavy (non-hydrogen) atoms. The Morgan fingerprint density at radius 3 is 2.41 bits per heavy atom. The Hall–Kier alpha value is -2.80. The molecule has 7 heteroatoms. The number of benzene rings is 2. The summed E-state index contributed by atoms with van der Waals surface area (Å²) in [6.07, 6.45) is -0.373. The number of halogens is 3. The van der Waals surface area contributed by atoms with E-state index in [1.54, 1.807) is 6.07 Å². The van der Waals surface area contributed by atoms with Gasteiger partial charge < -0.3 is 14.4 Å². The van der Waals surface area contributed by atoms with Crippen LogP contribution < -0.4 is 4.90 Å². The average Bonchev–Trinajstić information content (AvgIpc) is 3.23. The van der Waals surface area contributed by atoms with Gasteiger partial charge in [0.25, 0.3) is 0 Å². The minimum Gasteiger partial charge on any atom is -0.444 e. The van der Waals surface area contributed by atoms with E-state index in [1.165, 1.54) is 12.6 Å². The van der Waals surface area contributed by atoms with Crippen LogP contribution in [0.25, 0.3) is 11.3 Å². The third-order valence-electron chi connectivity index (χ3n) is 5.40. The molecule has 152 valence electrons. The lowest BCUT2D eigenvalue weighted by molar-refractivity contribution is -0.137. The highest BCUT2D eigenvalue weighted by Gasteiger charge is 2.35. The van der Waals surface area contributed by atoms with Gasteiger partial charge in [-0.1, -0.05) is 30.3 Å². The highest BCUT2D eigenvalue weighted by molar-refractivity contribution is 5.66. The molecule has 0 saturated carbocycles. The summed E-state index contributed by atoms with van der Waals surface area (Å²) >= 11 is 0. The van der Waals surface area contributed by atoms with Crippen molar-refractivity contribution in [2.45, 2.75) is 31.0 Å². The molecule has 2 heterocycles. The number of oxazole rings is 1. The van der Waals surface area contributed by atoms with E-state index in [2.05, 4.69) is 4.98 Å². The summed E-state index contributed by atoms with van der Waals surface area (Å²) in [4.78, 5) is 5.68. The molecule has 1 aliphatic rings. The zero-order valence-corrected chi connectivity index (χ0v) is 15.7. The topological polar surface area (TPSA) is 49.5 Å². The van der Waals surface area contributed by atoms with Crippen LogP contribution in [-0.4, -0.2) is 28.8 Å². The van der Waals surface area contributed by atoms with Crippen LogP contribution in [0, 0.1) is 0 Å². The maximum atomic E-state index is 13.4. The van der Waals surface area contributed by atoms with Crippen molar-refractivity contribution in [3.63, 3.8) is 0 Å². The molecule has 4 nitrogen and oxygen atoms in total. The average molecular weight is 402 g/mol. The Bertz CT molecular complexity index is 948. The second kappa shape index (κ2) is 7.55. The van der Waals surface area contributed by atoms with Crippen LogP contribution in [0.3, 0.4) is 0 Å². The number of alkyl halides is 3. The molecular formula is C22H21F3N2O2. The van der Waals surface area contributed by atoms with E-state index in [4.69, 9.17) is 4.42 Å². The molecular weight excluding hydrogens is 381 g/mol. The monoisotopic (exact) mass is 402 g/mol. The molecule has 0 atom stereocenters. The fourth-order valence-electron chi connectivity index (χ4n) is 3.79. The zero-order chi connectivity index (χ0) is 20.5. The second-order valence-electron chi connectivity index (χ2n) is 7.51. The van der Waals surface area contributed by atoms with Crippen molar-refractivity contribution in [1.29, 1.82) is 0 Å². The van der Waals surface area contributed by atoms with E-state index < -0.39 is 17.3 Å². The molecule has 1 aromatic heterocycles. The molecule has 0 unspecified atom stereocenters. The van der Waals surface area contributed by atoms with Crippen molar-refractivity contribution in [1.82, 2.24) is 4.98 Å². The quantitative estimate of drug-likeness (QED) is 0.672. The molecule has 4 rings (SSSR count). The van der Waals surface area contributed by atoms with Crippen LogP contribution in [0.4, 0.5) is 18.9 Å². The predicted molar refractivity (Wildman–Crippen MR) is 103 cm³/mol.